The van der Waals surface area contributed by atoms with E-state index < -0.39 is 0 Å². The smallest absolute Gasteiger partial charge is 0.115 e. The Kier molecular flexibility index (Phi) is 3.67. The highest BCUT2D eigenvalue weighted by Gasteiger charge is 2.55. The normalized spacial score (nSPS) is 42.0. The third-order valence-corrected chi connectivity index (χ3v) is 7.15. The van der Waals surface area contributed by atoms with E-state index in [0.29, 0.717) is 30.1 Å². The molecule has 3 aliphatic rings. The largest absolute Gasteiger partial charge is 0.508 e. The van der Waals surface area contributed by atoms with Crippen LogP contribution in [0.5, 0.6) is 5.75 Å². The van der Waals surface area contributed by atoms with Crippen LogP contribution in [0.4, 0.5) is 0 Å². The summed E-state index contributed by atoms with van der Waals surface area (Å²) in [5.41, 5.74) is 2.65. The molecule has 4 unspecified atom stereocenters. The van der Waals surface area contributed by atoms with Crippen molar-refractivity contribution < 1.29 is 15.1 Å². The number of aliphatic hydroxyl groups is 1. The fraction of sp³-hybridized carbons (Fsp3) is 0.684. The predicted octanol–water partition coefficient (Wildman–Crippen LogP) is 3.04. The van der Waals surface area contributed by atoms with Gasteiger partial charge in [-0.2, -0.15) is 0 Å². The summed E-state index contributed by atoms with van der Waals surface area (Å²) in [7, 11) is 0. The van der Waals surface area contributed by atoms with Crippen molar-refractivity contribution in [1.82, 2.24) is 0 Å². The summed E-state index contributed by atoms with van der Waals surface area (Å²) in [6, 6.07) is 5.80. The van der Waals surface area contributed by atoms with Crippen LogP contribution in [0.1, 0.15) is 62.0 Å². The van der Waals surface area contributed by atoms with Crippen molar-refractivity contribution in [2.24, 2.45) is 23.1 Å². The van der Waals surface area contributed by atoms with E-state index in [1.54, 1.807) is 6.07 Å². The van der Waals surface area contributed by atoms with Crippen molar-refractivity contribution in [3.8, 4) is 5.75 Å². The molecule has 0 amide bonds. The molecule has 0 radical (unpaired) electrons. The second-order valence-corrected chi connectivity index (χ2v) is 8.09. The SMILES string of the molecule is CC12CC[C@@H]3c4ccc(O)cc4[C@H](CON)CC3C1CCC2O. The van der Waals surface area contributed by atoms with Gasteiger partial charge in [0.15, 0.2) is 0 Å². The second kappa shape index (κ2) is 5.47. The maximum atomic E-state index is 10.5. The number of hydrogen-bond donors (Lipinski definition) is 3. The van der Waals surface area contributed by atoms with Gasteiger partial charge >= 0.3 is 0 Å². The third-order valence-electron chi connectivity index (χ3n) is 7.15. The summed E-state index contributed by atoms with van der Waals surface area (Å²) >= 11 is 0. The third kappa shape index (κ3) is 2.23. The highest BCUT2D eigenvalue weighted by molar-refractivity contribution is 5.42. The number of benzene rings is 1. The van der Waals surface area contributed by atoms with Gasteiger partial charge in [-0.3, -0.25) is 0 Å². The fourth-order valence-electron chi connectivity index (χ4n) is 5.96. The van der Waals surface area contributed by atoms with Crippen molar-refractivity contribution in [1.29, 1.82) is 0 Å². The van der Waals surface area contributed by atoms with Crippen LogP contribution in [-0.2, 0) is 4.84 Å². The van der Waals surface area contributed by atoms with E-state index >= 15 is 0 Å². The number of phenolic OH excluding ortho intramolecular Hbond substituents is 1. The zero-order chi connectivity index (χ0) is 16.2. The highest BCUT2D eigenvalue weighted by atomic mass is 16.6. The molecule has 1 aromatic rings. The molecule has 0 bridgehead atoms. The Morgan fingerprint density at radius 2 is 2.09 bits per heavy atom. The standard InChI is InChI=1S/C19H27NO3/c1-19-7-6-14-13-3-2-12(21)9-15(13)11(10-23-20)8-16(14)17(19)4-5-18(19)22/h2-3,9,11,14,16-18,21-22H,4-8,10,20H2,1H3/t11-,14+,16?,17?,18?,19?/m0/s1. The zero-order valence-corrected chi connectivity index (χ0v) is 13.7. The number of hydrogen-bond acceptors (Lipinski definition) is 4. The molecule has 126 valence electrons. The Labute approximate surface area is 137 Å². The van der Waals surface area contributed by atoms with E-state index in [0.717, 1.165) is 32.1 Å². The Morgan fingerprint density at radius 1 is 1.26 bits per heavy atom. The van der Waals surface area contributed by atoms with Crippen LogP contribution in [0.3, 0.4) is 0 Å². The molecule has 0 aliphatic heterocycles. The second-order valence-electron chi connectivity index (χ2n) is 8.09. The minimum absolute atomic E-state index is 0.0731. The molecule has 4 heteroatoms. The lowest BCUT2D eigenvalue weighted by molar-refractivity contribution is -0.0283. The number of aliphatic hydroxyl groups excluding tert-OH is 1. The van der Waals surface area contributed by atoms with E-state index in [1.807, 2.05) is 6.07 Å². The van der Waals surface area contributed by atoms with Gasteiger partial charge in [-0.1, -0.05) is 13.0 Å². The first-order valence-corrected chi connectivity index (χ1v) is 8.87. The molecule has 4 nitrogen and oxygen atoms in total. The van der Waals surface area contributed by atoms with Crippen molar-refractivity contribution in [2.75, 3.05) is 6.61 Å². The van der Waals surface area contributed by atoms with Crippen LogP contribution in [-0.4, -0.2) is 22.9 Å². The molecule has 4 N–H and O–H groups in total. The summed E-state index contributed by atoms with van der Waals surface area (Å²) in [6.07, 6.45) is 5.18. The molecule has 2 fully saturated rings. The Balaban J connectivity index is 1.74. The number of nitrogens with two attached hydrogens (primary N) is 1. The van der Waals surface area contributed by atoms with Crippen LogP contribution in [0, 0.1) is 17.3 Å². The Bertz CT molecular complexity index is 604. The van der Waals surface area contributed by atoms with E-state index in [9.17, 15) is 10.2 Å². The molecular weight excluding hydrogens is 290 g/mol. The summed E-state index contributed by atoms with van der Waals surface area (Å²) in [6.45, 7) is 2.78. The average molecular weight is 317 g/mol. The lowest BCUT2D eigenvalue weighted by atomic mass is 9.54. The van der Waals surface area contributed by atoms with Gasteiger partial charge in [0.05, 0.1) is 12.7 Å². The van der Waals surface area contributed by atoms with Gasteiger partial charge in [0.25, 0.3) is 0 Å². The van der Waals surface area contributed by atoms with Crippen LogP contribution >= 0.6 is 0 Å². The first-order chi connectivity index (χ1) is 11.0. The van der Waals surface area contributed by atoms with E-state index in [1.165, 1.54) is 11.1 Å². The molecule has 2 saturated carbocycles. The summed E-state index contributed by atoms with van der Waals surface area (Å²) in [5.74, 6) is 7.65. The first kappa shape index (κ1) is 15.4. The lowest BCUT2D eigenvalue weighted by Gasteiger charge is -2.51. The monoisotopic (exact) mass is 317 g/mol. The van der Waals surface area contributed by atoms with Gasteiger partial charge in [-0.25, -0.2) is 5.90 Å². The van der Waals surface area contributed by atoms with Gasteiger partial charge < -0.3 is 15.1 Å². The summed E-state index contributed by atoms with van der Waals surface area (Å²) in [5, 5.41) is 20.4. The highest BCUT2D eigenvalue weighted by Crippen LogP contribution is 2.62. The molecule has 0 aromatic heterocycles. The van der Waals surface area contributed by atoms with E-state index in [2.05, 4.69) is 13.0 Å². The lowest BCUT2D eigenvalue weighted by Crippen LogP contribution is -2.44. The Hall–Kier alpha value is -1.10. The van der Waals surface area contributed by atoms with Crippen LogP contribution in [0.2, 0.25) is 0 Å². The maximum absolute atomic E-state index is 10.5. The number of phenols is 1. The molecule has 1 aromatic carbocycles. The van der Waals surface area contributed by atoms with Gasteiger partial charge in [-0.15, -0.1) is 0 Å². The molecule has 6 atom stereocenters. The number of rotatable bonds is 2. The molecule has 0 spiro atoms. The van der Waals surface area contributed by atoms with Gasteiger partial charge in [0.1, 0.15) is 5.75 Å². The average Bonchev–Trinajstić information content (AvgIpc) is 2.83. The molecule has 4 rings (SSSR count). The predicted molar refractivity (Wildman–Crippen MR) is 87.9 cm³/mol. The minimum Gasteiger partial charge on any atom is -0.508 e. The summed E-state index contributed by atoms with van der Waals surface area (Å²) in [4.78, 5) is 4.98. The fourth-order valence-corrected chi connectivity index (χ4v) is 5.96. The molecule has 0 heterocycles. The van der Waals surface area contributed by atoms with E-state index in [-0.39, 0.29) is 17.4 Å². The molecule has 3 aliphatic carbocycles. The number of fused-ring (bicyclic) bond motifs is 5. The van der Waals surface area contributed by atoms with E-state index in [4.69, 9.17) is 10.7 Å². The molecule has 0 saturated heterocycles. The van der Waals surface area contributed by atoms with Crippen molar-refractivity contribution in [3.63, 3.8) is 0 Å². The Morgan fingerprint density at radius 3 is 2.87 bits per heavy atom. The van der Waals surface area contributed by atoms with Gasteiger partial charge in [-0.05, 0) is 78.5 Å². The van der Waals surface area contributed by atoms with Crippen LogP contribution in [0.25, 0.3) is 0 Å². The zero-order valence-electron chi connectivity index (χ0n) is 13.7. The first-order valence-electron chi connectivity index (χ1n) is 8.87. The van der Waals surface area contributed by atoms with Crippen molar-refractivity contribution >= 4 is 0 Å². The van der Waals surface area contributed by atoms with Crippen molar-refractivity contribution in [2.45, 2.75) is 57.0 Å². The van der Waals surface area contributed by atoms with Crippen LogP contribution < -0.4 is 5.90 Å². The van der Waals surface area contributed by atoms with Crippen molar-refractivity contribution in [3.05, 3.63) is 29.3 Å². The molecular formula is C19H27NO3. The topological polar surface area (TPSA) is 75.7 Å². The van der Waals surface area contributed by atoms with Crippen LogP contribution in [0.15, 0.2) is 18.2 Å². The quantitative estimate of drug-likeness (QED) is 0.733. The maximum Gasteiger partial charge on any atom is 0.115 e. The summed E-state index contributed by atoms with van der Waals surface area (Å²) < 4.78 is 0. The number of aromatic hydroxyl groups is 1. The van der Waals surface area contributed by atoms with Gasteiger partial charge in [0, 0.05) is 5.92 Å². The van der Waals surface area contributed by atoms with Gasteiger partial charge in [0.2, 0.25) is 0 Å². The minimum atomic E-state index is -0.154. The molecule has 23 heavy (non-hydrogen) atoms.